The second kappa shape index (κ2) is 9.57. The van der Waals surface area contributed by atoms with Crippen LogP contribution in [-0.4, -0.2) is 58.7 Å². The number of aromatic amines is 1. The van der Waals surface area contributed by atoms with Gasteiger partial charge in [0, 0.05) is 55.4 Å². The zero-order chi connectivity index (χ0) is 20.1. The van der Waals surface area contributed by atoms with Crippen LogP contribution in [-0.2, 0) is 13.0 Å². The highest BCUT2D eigenvalue weighted by Gasteiger charge is 2.26. The lowest BCUT2D eigenvalue weighted by atomic mass is 10.1. The van der Waals surface area contributed by atoms with Crippen LogP contribution < -0.4 is 0 Å². The van der Waals surface area contributed by atoms with Crippen molar-refractivity contribution in [2.75, 3.05) is 32.8 Å². The standard InChI is InChI=1S/C25H33N3O/c1-20-23-11-5-6-12-24(23)26-25(20)19-27-15-16-28(22(18-27)13-17-29)14-7-10-21-8-3-2-4-9-21/h2-6,8-9,11-12,22,26,29H,7,10,13-19H2,1H3/t22-/m0/s1. The van der Waals surface area contributed by atoms with Crippen LogP contribution in [0, 0.1) is 6.92 Å². The lowest BCUT2D eigenvalue weighted by molar-refractivity contribution is 0.0541. The van der Waals surface area contributed by atoms with E-state index in [9.17, 15) is 5.11 Å². The summed E-state index contributed by atoms with van der Waals surface area (Å²) in [7, 11) is 0. The number of aromatic nitrogens is 1. The molecule has 154 valence electrons. The van der Waals surface area contributed by atoms with E-state index in [1.54, 1.807) is 0 Å². The first-order valence-corrected chi connectivity index (χ1v) is 10.9. The zero-order valence-electron chi connectivity index (χ0n) is 17.5. The first-order chi connectivity index (χ1) is 14.2. The molecule has 1 atom stereocenters. The van der Waals surface area contributed by atoms with Gasteiger partial charge in [0.05, 0.1) is 0 Å². The summed E-state index contributed by atoms with van der Waals surface area (Å²) in [6, 6.07) is 19.7. The maximum atomic E-state index is 9.60. The average molecular weight is 392 g/mol. The number of H-pyrrole nitrogens is 1. The van der Waals surface area contributed by atoms with Gasteiger partial charge in [-0.05, 0) is 49.9 Å². The second-order valence-corrected chi connectivity index (χ2v) is 8.30. The largest absolute Gasteiger partial charge is 0.396 e. The quantitative estimate of drug-likeness (QED) is 0.610. The van der Waals surface area contributed by atoms with E-state index in [1.165, 1.54) is 34.1 Å². The topological polar surface area (TPSA) is 42.5 Å². The molecule has 2 aromatic carbocycles. The fraction of sp³-hybridized carbons (Fsp3) is 0.440. The molecule has 4 rings (SSSR count). The molecule has 0 aliphatic carbocycles. The number of hydrogen-bond donors (Lipinski definition) is 2. The van der Waals surface area contributed by atoms with Crippen molar-refractivity contribution in [3.8, 4) is 0 Å². The minimum atomic E-state index is 0.263. The maximum Gasteiger partial charge on any atom is 0.0459 e. The number of fused-ring (bicyclic) bond motifs is 1. The maximum absolute atomic E-state index is 9.60. The van der Waals surface area contributed by atoms with Crippen LogP contribution in [0.15, 0.2) is 54.6 Å². The van der Waals surface area contributed by atoms with Crippen molar-refractivity contribution in [1.29, 1.82) is 0 Å². The molecule has 1 fully saturated rings. The van der Waals surface area contributed by atoms with Crippen molar-refractivity contribution < 1.29 is 5.11 Å². The fourth-order valence-corrected chi connectivity index (χ4v) is 4.67. The summed E-state index contributed by atoms with van der Waals surface area (Å²) >= 11 is 0. The Morgan fingerprint density at radius 3 is 2.62 bits per heavy atom. The molecule has 0 radical (unpaired) electrons. The number of para-hydroxylation sites is 1. The van der Waals surface area contributed by atoms with Gasteiger partial charge in [0.25, 0.3) is 0 Å². The molecule has 0 unspecified atom stereocenters. The number of nitrogens with zero attached hydrogens (tertiary/aromatic N) is 2. The lowest BCUT2D eigenvalue weighted by Crippen LogP contribution is -2.53. The monoisotopic (exact) mass is 391 g/mol. The zero-order valence-corrected chi connectivity index (χ0v) is 17.5. The number of rotatable bonds is 8. The molecule has 4 heteroatoms. The molecule has 0 bridgehead atoms. The Hall–Kier alpha value is -2.14. The molecule has 0 amide bonds. The van der Waals surface area contributed by atoms with Crippen molar-refractivity contribution >= 4 is 10.9 Å². The number of aliphatic hydroxyl groups is 1. The molecule has 29 heavy (non-hydrogen) atoms. The summed E-state index contributed by atoms with van der Waals surface area (Å²) in [5, 5.41) is 10.9. The van der Waals surface area contributed by atoms with Gasteiger partial charge in [-0.15, -0.1) is 0 Å². The van der Waals surface area contributed by atoms with Gasteiger partial charge < -0.3 is 10.1 Å². The number of aryl methyl sites for hydroxylation is 2. The Labute approximate surface area is 174 Å². The van der Waals surface area contributed by atoms with E-state index in [1.807, 2.05) is 0 Å². The highest BCUT2D eigenvalue weighted by atomic mass is 16.3. The minimum Gasteiger partial charge on any atom is -0.396 e. The van der Waals surface area contributed by atoms with Gasteiger partial charge in [-0.2, -0.15) is 0 Å². The van der Waals surface area contributed by atoms with Gasteiger partial charge in [-0.3, -0.25) is 9.80 Å². The molecule has 0 spiro atoms. The van der Waals surface area contributed by atoms with Gasteiger partial charge in [-0.25, -0.2) is 0 Å². The Morgan fingerprint density at radius 2 is 1.83 bits per heavy atom. The van der Waals surface area contributed by atoms with E-state index < -0.39 is 0 Å². The molecular weight excluding hydrogens is 358 g/mol. The SMILES string of the molecule is Cc1c(CN2CCN(CCCc3ccccc3)[C@@H](CCO)C2)[nH]c2ccccc12. The third kappa shape index (κ3) is 4.89. The third-order valence-electron chi connectivity index (χ3n) is 6.36. The first-order valence-electron chi connectivity index (χ1n) is 10.9. The minimum absolute atomic E-state index is 0.263. The third-order valence-corrected chi connectivity index (χ3v) is 6.36. The summed E-state index contributed by atoms with van der Waals surface area (Å²) in [6.45, 7) is 7.75. The van der Waals surface area contributed by atoms with Crippen molar-refractivity contribution in [2.45, 2.75) is 38.8 Å². The Kier molecular flexibility index (Phi) is 6.65. The van der Waals surface area contributed by atoms with Gasteiger partial charge >= 0.3 is 0 Å². The van der Waals surface area contributed by atoms with Crippen LogP contribution >= 0.6 is 0 Å². The van der Waals surface area contributed by atoms with Crippen LogP contribution in [0.3, 0.4) is 0 Å². The summed E-state index contributed by atoms with van der Waals surface area (Å²) in [6.07, 6.45) is 3.15. The van der Waals surface area contributed by atoms with Crippen LogP contribution in [0.5, 0.6) is 0 Å². The van der Waals surface area contributed by atoms with E-state index in [-0.39, 0.29) is 6.61 Å². The Morgan fingerprint density at radius 1 is 1.03 bits per heavy atom. The van der Waals surface area contributed by atoms with E-state index in [4.69, 9.17) is 0 Å². The highest BCUT2D eigenvalue weighted by molar-refractivity contribution is 5.84. The van der Waals surface area contributed by atoms with E-state index in [2.05, 4.69) is 76.3 Å². The van der Waals surface area contributed by atoms with Crippen LogP contribution in [0.2, 0.25) is 0 Å². The van der Waals surface area contributed by atoms with E-state index >= 15 is 0 Å². The number of benzene rings is 2. The highest BCUT2D eigenvalue weighted by Crippen LogP contribution is 2.24. The Bertz CT molecular complexity index is 905. The normalized spacial score (nSPS) is 18.5. The number of hydrogen-bond acceptors (Lipinski definition) is 3. The smallest absolute Gasteiger partial charge is 0.0459 e. The van der Waals surface area contributed by atoms with Crippen LogP contribution in [0.1, 0.15) is 29.7 Å². The summed E-state index contributed by atoms with van der Waals surface area (Å²) < 4.78 is 0. The van der Waals surface area contributed by atoms with Crippen LogP contribution in [0.4, 0.5) is 0 Å². The second-order valence-electron chi connectivity index (χ2n) is 8.30. The number of nitrogens with one attached hydrogen (secondary N) is 1. The molecule has 3 aromatic rings. The summed E-state index contributed by atoms with van der Waals surface area (Å²) in [5.74, 6) is 0. The van der Waals surface area contributed by atoms with E-state index in [0.29, 0.717) is 6.04 Å². The molecule has 0 saturated carbocycles. The van der Waals surface area contributed by atoms with Crippen molar-refractivity contribution in [1.82, 2.24) is 14.8 Å². The van der Waals surface area contributed by atoms with Gasteiger partial charge in [0.2, 0.25) is 0 Å². The molecule has 2 heterocycles. The van der Waals surface area contributed by atoms with Crippen molar-refractivity contribution in [3.63, 3.8) is 0 Å². The van der Waals surface area contributed by atoms with Gasteiger partial charge in [-0.1, -0.05) is 48.5 Å². The molecule has 1 aliphatic heterocycles. The summed E-state index contributed by atoms with van der Waals surface area (Å²) in [5.41, 5.74) is 5.33. The molecule has 1 saturated heterocycles. The predicted molar refractivity (Wildman–Crippen MR) is 120 cm³/mol. The fourth-order valence-electron chi connectivity index (χ4n) is 4.67. The predicted octanol–water partition coefficient (Wildman–Crippen LogP) is 3.98. The number of aliphatic hydroxyl groups excluding tert-OH is 1. The van der Waals surface area contributed by atoms with Crippen LogP contribution in [0.25, 0.3) is 10.9 Å². The van der Waals surface area contributed by atoms with E-state index in [0.717, 1.165) is 45.6 Å². The lowest BCUT2D eigenvalue weighted by Gasteiger charge is -2.41. The molecule has 1 aromatic heterocycles. The average Bonchev–Trinajstić information content (AvgIpc) is 3.06. The number of piperazine rings is 1. The Balaban J connectivity index is 1.35. The molecule has 1 aliphatic rings. The molecule has 2 N–H and O–H groups in total. The first kappa shape index (κ1) is 20.1. The summed E-state index contributed by atoms with van der Waals surface area (Å²) in [4.78, 5) is 8.76. The molecule has 4 nitrogen and oxygen atoms in total. The van der Waals surface area contributed by atoms with Gasteiger partial charge in [0.1, 0.15) is 0 Å². The molecular formula is C25H33N3O. The van der Waals surface area contributed by atoms with Gasteiger partial charge in [0.15, 0.2) is 0 Å². The van der Waals surface area contributed by atoms with Crippen molar-refractivity contribution in [2.24, 2.45) is 0 Å². The van der Waals surface area contributed by atoms with Crippen molar-refractivity contribution in [3.05, 3.63) is 71.4 Å².